The van der Waals surface area contributed by atoms with E-state index in [1.54, 1.807) is 0 Å². The second-order valence-electron chi connectivity index (χ2n) is 7.30. The van der Waals surface area contributed by atoms with Gasteiger partial charge in [0.1, 0.15) is 0 Å². The molecule has 2 aliphatic rings. The van der Waals surface area contributed by atoms with Gasteiger partial charge in [-0.1, -0.05) is 23.8 Å². The van der Waals surface area contributed by atoms with E-state index in [0.717, 1.165) is 43.0 Å². The molecule has 2 aliphatic heterocycles. The van der Waals surface area contributed by atoms with E-state index in [0.29, 0.717) is 19.8 Å². The molecule has 1 N–H and O–H groups in total. The van der Waals surface area contributed by atoms with Crippen LogP contribution in [0.4, 0.5) is 5.69 Å². The van der Waals surface area contributed by atoms with Crippen LogP contribution in [-0.4, -0.2) is 37.1 Å². The molecule has 0 unspecified atom stereocenters. The predicted octanol–water partition coefficient (Wildman–Crippen LogP) is 3.93. The summed E-state index contributed by atoms with van der Waals surface area (Å²) in [5.74, 6) is 1.67. The van der Waals surface area contributed by atoms with Gasteiger partial charge in [-0.15, -0.1) is 0 Å². The highest BCUT2D eigenvalue weighted by Gasteiger charge is 2.28. The lowest BCUT2D eigenvalue weighted by atomic mass is 10.0. The zero-order chi connectivity index (χ0) is 18.6. The third-order valence-corrected chi connectivity index (χ3v) is 5.20. The Kier molecular flexibility index (Phi) is 5.30. The number of nitrogens with zero attached hydrogens (tertiary/aromatic N) is 1. The minimum Gasteiger partial charge on any atom is -0.490 e. The third-order valence-electron chi connectivity index (χ3n) is 5.20. The first-order valence-corrected chi connectivity index (χ1v) is 9.69. The van der Waals surface area contributed by atoms with Gasteiger partial charge in [0, 0.05) is 18.2 Å². The number of benzene rings is 2. The number of fused-ring (bicyclic) bond motifs is 1. The smallest absolute Gasteiger partial charge is 0.238 e. The zero-order valence-corrected chi connectivity index (χ0v) is 15.7. The first-order valence-electron chi connectivity index (χ1n) is 9.69. The maximum Gasteiger partial charge on any atom is 0.238 e. The Morgan fingerprint density at radius 2 is 1.85 bits per heavy atom. The SMILES string of the molecule is Cc1ccc(NC(=O)CN2CCC[C@@H]2c2ccc3c(c2)OCCCO3)cc1. The summed E-state index contributed by atoms with van der Waals surface area (Å²) in [5.41, 5.74) is 3.22. The van der Waals surface area contributed by atoms with Crippen LogP contribution in [0.2, 0.25) is 0 Å². The molecule has 0 aliphatic carbocycles. The van der Waals surface area contributed by atoms with Gasteiger partial charge in [-0.2, -0.15) is 0 Å². The minimum absolute atomic E-state index is 0.0279. The summed E-state index contributed by atoms with van der Waals surface area (Å²) < 4.78 is 11.6. The number of aryl methyl sites for hydroxylation is 1. The maximum atomic E-state index is 12.5. The molecule has 2 aromatic rings. The van der Waals surface area contributed by atoms with Crippen LogP contribution < -0.4 is 14.8 Å². The summed E-state index contributed by atoms with van der Waals surface area (Å²) in [6.45, 7) is 4.74. The molecule has 0 bridgehead atoms. The van der Waals surface area contributed by atoms with Gasteiger partial charge in [0.2, 0.25) is 5.91 Å². The number of carbonyl (C=O) groups excluding carboxylic acids is 1. The van der Waals surface area contributed by atoms with Gasteiger partial charge in [-0.05, 0) is 56.1 Å². The molecule has 2 heterocycles. The summed E-state index contributed by atoms with van der Waals surface area (Å²) >= 11 is 0. The van der Waals surface area contributed by atoms with E-state index >= 15 is 0 Å². The van der Waals surface area contributed by atoms with Gasteiger partial charge in [0.25, 0.3) is 0 Å². The molecule has 1 saturated heterocycles. The van der Waals surface area contributed by atoms with Crippen LogP contribution >= 0.6 is 0 Å². The van der Waals surface area contributed by atoms with Crippen molar-refractivity contribution in [2.75, 3.05) is 31.6 Å². The average molecular weight is 366 g/mol. The van der Waals surface area contributed by atoms with Gasteiger partial charge in [0.15, 0.2) is 11.5 Å². The molecule has 0 aromatic heterocycles. The molecule has 2 aromatic carbocycles. The summed E-state index contributed by atoms with van der Waals surface area (Å²) in [7, 11) is 0. The standard InChI is InChI=1S/C22H26N2O3/c1-16-5-8-18(9-6-16)23-22(25)15-24-11-2-4-19(24)17-7-10-20-21(14-17)27-13-3-12-26-20/h5-10,14,19H,2-4,11-13,15H2,1H3,(H,23,25)/t19-/m1/s1. The van der Waals surface area contributed by atoms with E-state index in [1.165, 1.54) is 11.1 Å². The van der Waals surface area contributed by atoms with Crippen LogP contribution in [-0.2, 0) is 4.79 Å². The first-order chi connectivity index (χ1) is 13.2. The first kappa shape index (κ1) is 17.9. The number of likely N-dealkylation sites (tertiary alicyclic amines) is 1. The quantitative estimate of drug-likeness (QED) is 0.891. The highest BCUT2D eigenvalue weighted by atomic mass is 16.5. The highest BCUT2D eigenvalue weighted by molar-refractivity contribution is 5.92. The second-order valence-corrected chi connectivity index (χ2v) is 7.30. The lowest BCUT2D eigenvalue weighted by molar-refractivity contribution is -0.117. The molecule has 27 heavy (non-hydrogen) atoms. The van der Waals surface area contributed by atoms with Gasteiger partial charge in [0.05, 0.1) is 19.8 Å². The van der Waals surface area contributed by atoms with Crippen molar-refractivity contribution in [1.82, 2.24) is 4.90 Å². The van der Waals surface area contributed by atoms with Crippen molar-refractivity contribution in [3.8, 4) is 11.5 Å². The van der Waals surface area contributed by atoms with Crippen LogP contribution in [0.5, 0.6) is 11.5 Å². The van der Waals surface area contributed by atoms with E-state index < -0.39 is 0 Å². The highest BCUT2D eigenvalue weighted by Crippen LogP contribution is 2.37. The fraction of sp³-hybridized carbons (Fsp3) is 0.409. The lowest BCUT2D eigenvalue weighted by Crippen LogP contribution is -2.32. The van der Waals surface area contributed by atoms with Crippen molar-refractivity contribution in [3.63, 3.8) is 0 Å². The van der Waals surface area contributed by atoms with Crippen LogP contribution in [0.25, 0.3) is 0 Å². The number of carbonyl (C=O) groups is 1. The van der Waals surface area contributed by atoms with Crippen molar-refractivity contribution in [3.05, 3.63) is 53.6 Å². The topological polar surface area (TPSA) is 50.8 Å². The van der Waals surface area contributed by atoms with Crippen molar-refractivity contribution in [2.45, 2.75) is 32.2 Å². The van der Waals surface area contributed by atoms with E-state index in [9.17, 15) is 4.79 Å². The summed E-state index contributed by atoms with van der Waals surface area (Å²) in [5, 5.41) is 3.00. The Hall–Kier alpha value is -2.53. The van der Waals surface area contributed by atoms with Crippen molar-refractivity contribution in [1.29, 1.82) is 0 Å². The molecule has 0 spiro atoms. The molecule has 1 fully saturated rings. The van der Waals surface area contributed by atoms with Crippen LogP contribution in [0, 0.1) is 6.92 Å². The molecule has 5 nitrogen and oxygen atoms in total. The molecule has 4 rings (SSSR count). The van der Waals surface area contributed by atoms with E-state index in [4.69, 9.17) is 9.47 Å². The molecule has 1 atom stereocenters. The van der Waals surface area contributed by atoms with Crippen LogP contribution in [0.3, 0.4) is 0 Å². The molecule has 1 amide bonds. The Morgan fingerprint density at radius 1 is 1.07 bits per heavy atom. The number of amides is 1. The monoisotopic (exact) mass is 366 g/mol. The molecule has 5 heteroatoms. The number of rotatable bonds is 4. The zero-order valence-electron chi connectivity index (χ0n) is 15.7. The molecule has 0 saturated carbocycles. The Bertz CT molecular complexity index is 804. The van der Waals surface area contributed by atoms with E-state index in [2.05, 4.69) is 22.3 Å². The molecular formula is C22H26N2O3. The maximum absolute atomic E-state index is 12.5. The molecular weight excluding hydrogens is 340 g/mol. The Morgan fingerprint density at radius 3 is 2.67 bits per heavy atom. The van der Waals surface area contributed by atoms with Crippen LogP contribution in [0.15, 0.2) is 42.5 Å². The third kappa shape index (κ3) is 4.25. The number of anilines is 1. The summed E-state index contributed by atoms with van der Waals surface area (Å²) in [6.07, 6.45) is 3.05. The summed E-state index contributed by atoms with van der Waals surface area (Å²) in [4.78, 5) is 14.8. The van der Waals surface area contributed by atoms with Crippen molar-refractivity contribution < 1.29 is 14.3 Å². The van der Waals surface area contributed by atoms with Gasteiger partial charge >= 0.3 is 0 Å². The van der Waals surface area contributed by atoms with Gasteiger partial charge in [-0.25, -0.2) is 0 Å². The van der Waals surface area contributed by atoms with E-state index in [1.807, 2.05) is 37.3 Å². The molecule has 0 radical (unpaired) electrons. The Balaban J connectivity index is 1.43. The Labute approximate surface area is 160 Å². The predicted molar refractivity (Wildman–Crippen MR) is 105 cm³/mol. The van der Waals surface area contributed by atoms with E-state index in [-0.39, 0.29) is 11.9 Å². The number of ether oxygens (including phenoxy) is 2. The average Bonchev–Trinajstić information content (AvgIpc) is 2.99. The molecule has 142 valence electrons. The summed E-state index contributed by atoms with van der Waals surface area (Å²) in [6, 6.07) is 14.3. The normalized spacial score (nSPS) is 19.5. The lowest BCUT2D eigenvalue weighted by Gasteiger charge is -2.25. The number of hydrogen-bond donors (Lipinski definition) is 1. The fourth-order valence-electron chi connectivity index (χ4n) is 3.80. The number of hydrogen-bond acceptors (Lipinski definition) is 4. The largest absolute Gasteiger partial charge is 0.490 e. The number of nitrogens with one attached hydrogen (secondary N) is 1. The fourth-order valence-corrected chi connectivity index (χ4v) is 3.80. The van der Waals surface area contributed by atoms with Crippen molar-refractivity contribution >= 4 is 11.6 Å². The van der Waals surface area contributed by atoms with Gasteiger partial charge < -0.3 is 14.8 Å². The minimum atomic E-state index is 0.0279. The van der Waals surface area contributed by atoms with Crippen LogP contribution in [0.1, 0.15) is 36.4 Å². The van der Waals surface area contributed by atoms with Gasteiger partial charge in [-0.3, -0.25) is 9.69 Å². The van der Waals surface area contributed by atoms with Crippen molar-refractivity contribution in [2.24, 2.45) is 0 Å². The second kappa shape index (κ2) is 8.01.